The summed E-state index contributed by atoms with van der Waals surface area (Å²) in [5.74, 6) is -1.02. The highest BCUT2D eigenvalue weighted by Crippen LogP contribution is 2.62. The van der Waals surface area contributed by atoms with Crippen molar-refractivity contribution in [3.05, 3.63) is 35.4 Å². The van der Waals surface area contributed by atoms with Crippen LogP contribution in [0.15, 0.2) is 24.3 Å². The number of hydrogen-bond donors (Lipinski definition) is 1. The average molecular weight is 307 g/mol. The lowest BCUT2D eigenvalue weighted by Crippen LogP contribution is -2.64. The molecule has 0 saturated carbocycles. The van der Waals surface area contributed by atoms with Gasteiger partial charge in [-0.1, -0.05) is 18.2 Å². The van der Waals surface area contributed by atoms with Crippen LogP contribution in [-0.4, -0.2) is 50.2 Å². The van der Waals surface area contributed by atoms with E-state index in [9.17, 15) is 1.37 Å². The molecular formula is C18H21NO3. The van der Waals surface area contributed by atoms with Crippen molar-refractivity contribution in [2.75, 3.05) is 20.6 Å². The first-order valence-corrected chi connectivity index (χ1v) is 7.52. The molecule has 0 radical (unpaired) electrons. The number of aliphatic hydroxyl groups is 1. The predicted octanol–water partition coefficient (Wildman–Crippen LogP) is 1.50. The van der Waals surface area contributed by atoms with Crippen LogP contribution in [0.5, 0.6) is 11.5 Å². The van der Waals surface area contributed by atoms with Crippen LogP contribution in [-0.2, 0) is 11.8 Å². The minimum absolute atomic E-state index is 0.0558. The van der Waals surface area contributed by atoms with Crippen molar-refractivity contribution in [2.24, 2.45) is 5.89 Å². The number of likely N-dealkylation sites (tertiary alicyclic amines) is 1. The van der Waals surface area contributed by atoms with Gasteiger partial charge in [0.05, 0.1) is 11.2 Å². The molecule has 1 saturated heterocycles. The second-order valence-electron chi connectivity index (χ2n) is 6.48. The summed E-state index contributed by atoms with van der Waals surface area (Å²) < 4.78 is 74.7. The molecule has 22 heavy (non-hydrogen) atoms. The summed E-state index contributed by atoms with van der Waals surface area (Å²) in [5.41, 5.74) is 0.542. The quantitative estimate of drug-likeness (QED) is 0.841. The molecule has 2 aliphatic carbocycles. The average Bonchev–Trinajstić information content (AvgIpc) is 2.96. The van der Waals surface area contributed by atoms with Crippen LogP contribution in [0.2, 0.25) is 0 Å². The van der Waals surface area contributed by atoms with Crippen molar-refractivity contribution >= 4 is 0 Å². The van der Waals surface area contributed by atoms with E-state index in [0.717, 1.165) is 5.56 Å². The van der Waals surface area contributed by atoms with Crippen LogP contribution < -0.4 is 9.47 Å². The van der Waals surface area contributed by atoms with E-state index >= 15 is 0 Å². The van der Waals surface area contributed by atoms with Gasteiger partial charge in [0, 0.05) is 28.4 Å². The number of rotatable bonds is 2. The fourth-order valence-corrected chi connectivity index (χ4v) is 4.80. The maximum atomic E-state index is 9.48. The Morgan fingerprint density at radius 2 is 2.55 bits per heavy atom. The molecule has 0 aromatic heterocycles. The second kappa shape index (κ2) is 4.06. The summed E-state index contributed by atoms with van der Waals surface area (Å²) in [6.07, 6.45) is 2.31. The standard InChI is InChI=1S/C18H21NO3/c1-19-8-7-18-11-4-5-13(20)17(18)22-16-14(21-2)6-3-10(15(16)18)9-12(11)19/h3-6,11-13,17,20H,7-9H2,1-2H3/t11-,12+,13?,17?,18-/m0/s1/i1D3,2D3,11D,20D. The highest BCUT2D eigenvalue weighted by Gasteiger charge is 2.64. The number of nitrogens with zero attached hydrogens (tertiary/aromatic N) is 1. The first kappa shape index (κ1) is 7.37. The Labute approximate surface area is 141 Å². The van der Waals surface area contributed by atoms with Gasteiger partial charge in [-0.25, -0.2) is 0 Å². The van der Waals surface area contributed by atoms with Crippen molar-refractivity contribution in [2.45, 2.75) is 36.5 Å². The van der Waals surface area contributed by atoms with Gasteiger partial charge in [0.2, 0.25) is 1.43 Å². The summed E-state index contributed by atoms with van der Waals surface area (Å²) >= 11 is 0. The lowest BCUT2D eigenvalue weighted by molar-refractivity contribution is -0.0453. The molecule has 1 spiro atoms. The summed E-state index contributed by atoms with van der Waals surface area (Å²) in [4.78, 5) is 1.41. The molecular weight excluding hydrogens is 278 g/mol. The van der Waals surface area contributed by atoms with Crippen LogP contribution in [0, 0.1) is 5.89 Å². The molecule has 2 unspecified atom stereocenters. The molecule has 116 valence electrons. The van der Waals surface area contributed by atoms with Gasteiger partial charge in [-0.2, -0.15) is 0 Å². The number of benzene rings is 1. The molecule has 1 aromatic carbocycles. The molecule has 2 heterocycles. The van der Waals surface area contributed by atoms with Crippen LogP contribution in [0.4, 0.5) is 0 Å². The Balaban J connectivity index is 1.75. The molecule has 4 heteroatoms. The van der Waals surface area contributed by atoms with Crippen molar-refractivity contribution in [1.82, 2.24) is 4.90 Å². The van der Waals surface area contributed by atoms with Gasteiger partial charge in [0.1, 0.15) is 12.2 Å². The monoisotopic (exact) mass is 307 g/mol. The molecule has 4 aliphatic rings. The topological polar surface area (TPSA) is 41.9 Å². The molecule has 1 fully saturated rings. The van der Waals surface area contributed by atoms with Gasteiger partial charge >= 0.3 is 0 Å². The second-order valence-corrected chi connectivity index (χ2v) is 6.48. The van der Waals surface area contributed by atoms with E-state index in [-0.39, 0.29) is 18.0 Å². The van der Waals surface area contributed by atoms with Crippen molar-refractivity contribution in [3.8, 4) is 11.5 Å². The molecule has 4 nitrogen and oxygen atoms in total. The number of piperidine rings is 1. The Bertz CT molecular complexity index is 931. The SMILES string of the molecule is [2H]OC1C=C[C@@]2([2H])[C@H]3Cc4ccc(OC([2H])([2H])[2H])c5c4[C@@]2(CCN3C([2H])([2H])[2H])C1O5. The number of methoxy groups -OCH3 is 1. The summed E-state index contributed by atoms with van der Waals surface area (Å²) in [5, 5.41) is 4.89. The fraction of sp³-hybridized carbons (Fsp3) is 0.556. The summed E-state index contributed by atoms with van der Waals surface area (Å²) in [6.45, 7) is -2.13. The zero-order valence-corrected chi connectivity index (χ0v) is 11.8. The van der Waals surface area contributed by atoms with Crippen LogP contribution in [0.25, 0.3) is 0 Å². The van der Waals surface area contributed by atoms with Crippen molar-refractivity contribution < 1.29 is 24.2 Å². The van der Waals surface area contributed by atoms with Gasteiger partial charge in [-0.05, 0) is 38.0 Å². The van der Waals surface area contributed by atoms with Crippen molar-refractivity contribution in [3.63, 3.8) is 0 Å². The Hall–Kier alpha value is -1.52. The minimum atomic E-state index is -2.68. The van der Waals surface area contributed by atoms with E-state index in [2.05, 4.69) is 0 Å². The summed E-state index contributed by atoms with van der Waals surface area (Å²) in [6, 6.07) is 2.63. The van der Waals surface area contributed by atoms with Gasteiger partial charge in [0.15, 0.2) is 11.5 Å². The van der Waals surface area contributed by atoms with E-state index in [1.165, 1.54) is 11.0 Å². The smallest absolute Gasteiger partial charge is 0.211 e. The van der Waals surface area contributed by atoms with E-state index in [1.54, 1.807) is 18.2 Å². The first-order chi connectivity index (χ1) is 13.9. The molecule has 1 aromatic rings. The molecule has 5 atom stereocenters. The number of hydrogen-bond acceptors (Lipinski definition) is 4. The third-order valence-electron chi connectivity index (χ3n) is 5.67. The third-order valence-corrected chi connectivity index (χ3v) is 5.67. The Morgan fingerprint density at radius 3 is 3.41 bits per heavy atom. The van der Waals surface area contributed by atoms with E-state index in [4.69, 9.17) is 24.2 Å². The number of aliphatic hydroxyl groups excluding tert-OH is 1. The molecule has 2 aliphatic heterocycles. The van der Waals surface area contributed by atoms with Crippen LogP contribution >= 0.6 is 0 Å². The van der Waals surface area contributed by atoms with Crippen LogP contribution in [0.1, 0.15) is 27.1 Å². The first-order valence-electron chi connectivity index (χ1n) is 11.4. The van der Waals surface area contributed by atoms with Gasteiger partial charge in [0.25, 0.3) is 0 Å². The molecule has 0 amide bonds. The van der Waals surface area contributed by atoms with Crippen LogP contribution in [0.3, 0.4) is 0 Å². The number of likely N-dealkylation sites (N-methyl/N-ethyl adjacent to an activating group) is 1. The Morgan fingerprint density at radius 1 is 1.55 bits per heavy atom. The van der Waals surface area contributed by atoms with Crippen molar-refractivity contribution in [1.29, 1.82) is 1.43 Å². The Kier molecular flexibility index (Phi) is 1.36. The molecule has 5 rings (SSSR count). The van der Waals surface area contributed by atoms with E-state index in [0.29, 0.717) is 18.4 Å². The zero-order valence-electron chi connectivity index (χ0n) is 19.8. The third kappa shape index (κ3) is 1.28. The normalized spacial score (nSPS) is 50.8. The molecule has 2 bridgehead atoms. The lowest BCUT2D eigenvalue weighted by Gasteiger charge is -2.56. The van der Waals surface area contributed by atoms with Gasteiger partial charge in [-0.15, -0.1) is 0 Å². The highest BCUT2D eigenvalue weighted by atomic mass is 16.5. The lowest BCUT2D eigenvalue weighted by atomic mass is 9.53. The van der Waals surface area contributed by atoms with Gasteiger partial charge in [-0.3, -0.25) is 0 Å². The zero-order chi connectivity index (χ0) is 21.7. The largest absolute Gasteiger partial charge is 0.493 e. The van der Waals surface area contributed by atoms with E-state index < -0.39 is 43.6 Å². The maximum Gasteiger partial charge on any atom is 0.211 e. The predicted molar refractivity (Wildman–Crippen MR) is 82.5 cm³/mol. The maximum absolute atomic E-state index is 9.48. The van der Waals surface area contributed by atoms with E-state index in [1.807, 2.05) is 0 Å². The summed E-state index contributed by atoms with van der Waals surface area (Å²) in [7, 11) is -2.68. The highest BCUT2D eigenvalue weighted by molar-refractivity contribution is 5.62. The minimum Gasteiger partial charge on any atom is -0.493 e. The molecule has 1 N–H and O–H groups in total. The fourth-order valence-electron chi connectivity index (χ4n) is 4.80. The van der Waals surface area contributed by atoms with Gasteiger partial charge < -0.3 is 19.5 Å². The number of ether oxygens (including phenoxy) is 2.